The van der Waals surface area contributed by atoms with Gasteiger partial charge < -0.3 is 4.90 Å². The van der Waals surface area contributed by atoms with Gasteiger partial charge in [-0.1, -0.05) is 30.3 Å². The first-order valence-electron chi connectivity index (χ1n) is 7.35. The fourth-order valence-electron chi connectivity index (χ4n) is 2.96. The Morgan fingerprint density at radius 1 is 1.13 bits per heavy atom. The van der Waals surface area contributed by atoms with Crippen molar-refractivity contribution in [2.75, 3.05) is 15.9 Å². The number of carbonyl (C=O) groups excluding carboxylic acids is 1. The zero-order valence-electron chi connectivity index (χ0n) is 13.0. The van der Waals surface area contributed by atoms with Gasteiger partial charge in [0.05, 0.1) is 17.5 Å². The molecule has 0 saturated heterocycles. The molecule has 0 bridgehead atoms. The highest BCUT2D eigenvalue weighted by Crippen LogP contribution is 2.34. The average Bonchev–Trinajstić information content (AvgIpc) is 2.81. The number of amides is 1. The van der Waals surface area contributed by atoms with Gasteiger partial charge in [0.1, 0.15) is 0 Å². The van der Waals surface area contributed by atoms with E-state index in [1.165, 1.54) is 0 Å². The maximum absolute atomic E-state index is 13.0. The van der Waals surface area contributed by atoms with Crippen LogP contribution in [0.1, 0.15) is 22.8 Å². The molecule has 1 atom stereocenters. The van der Waals surface area contributed by atoms with E-state index in [2.05, 4.69) is 4.72 Å². The van der Waals surface area contributed by atoms with E-state index in [1.807, 2.05) is 31.2 Å². The summed E-state index contributed by atoms with van der Waals surface area (Å²) in [6, 6.07) is 14.5. The van der Waals surface area contributed by atoms with E-state index in [1.54, 1.807) is 29.2 Å². The van der Waals surface area contributed by atoms with Crippen LogP contribution in [0.25, 0.3) is 0 Å². The van der Waals surface area contributed by atoms with Gasteiger partial charge in [0, 0.05) is 11.7 Å². The highest BCUT2D eigenvalue weighted by atomic mass is 32.2. The normalized spacial score (nSPS) is 17.0. The van der Waals surface area contributed by atoms with Crippen molar-refractivity contribution < 1.29 is 13.2 Å². The number of benzene rings is 2. The third kappa shape index (κ3) is 3.07. The number of anilines is 2. The molecular formula is C17H18N2O3S. The van der Waals surface area contributed by atoms with Crippen molar-refractivity contribution in [2.24, 2.45) is 0 Å². The van der Waals surface area contributed by atoms with Gasteiger partial charge in [-0.2, -0.15) is 0 Å². The number of sulfonamides is 1. The minimum absolute atomic E-state index is 0.0335. The molecule has 1 N–H and O–H groups in total. The minimum atomic E-state index is -3.45. The number of hydrogen-bond donors (Lipinski definition) is 1. The molecule has 1 aliphatic heterocycles. The molecular weight excluding hydrogens is 312 g/mol. The summed E-state index contributed by atoms with van der Waals surface area (Å²) in [6.45, 7) is 1.99. The quantitative estimate of drug-likeness (QED) is 0.941. The Bertz CT molecular complexity index is 862. The smallest absolute Gasteiger partial charge is 0.260 e. The first-order chi connectivity index (χ1) is 10.9. The zero-order chi connectivity index (χ0) is 16.6. The van der Waals surface area contributed by atoms with E-state index in [-0.39, 0.29) is 11.9 Å². The van der Waals surface area contributed by atoms with Crippen molar-refractivity contribution in [1.29, 1.82) is 0 Å². The van der Waals surface area contributed by atoms with Gasteiger partial charge in [0.2, 0.25) is 10.0 Å². The first kappa shape index (κ1) is 15.6. The van der Waals surface area contributed by atoms with Gasteiger partial charge in [-0.15, -0.1) is 0 Å². The highest BCUT2D eigenvalue weighted by molar-refractivity contribution is 7.92. The van der Waals surface area contributed by atoms with E-state index >= 15 is 0 Å². The molecule has 6 heteroatoms. The summed E-state index contributed by atoms with van der Waals surface area (Å²) in [7, 11) is -3.45. The van der Waals surface area contributed by atoms with E-state index in [9.17, 15) is 13.2 Å². The fourth-order valence-corrected chi connectivity index (χ4v) is 3.54. The van der Waals surface area contributed by atoms with Crippen LogP contribution in [0, 0.1) is 0 Å². The molecule has 1 aliphatic rings. The van der Waals surface area contributed by atoms with Crippen molar-refractivity contribution in [1.82, 2.24) is 0 Å². The van der Waals surface area contributed by atoms with Gasteiger partial charge in [-0.25, -0.2) is 8.42 Å². The minimum Gasteiger partial charge on any atom is -0.305 e. The van der Waals surface area contributed by atoms with Crippen molar-refractivity contribution in [2.45, 2.75) is 19.4 Å². The Labute approximate surface area is 136 Å². The van der Waals surface area contributed by atoms with Crippen LogP contribution in [0.3, 0.4) is 0 Å². The van der Waals surface area contributed by atoms with Crippen molar-refractivity contribution in [3.05, 3.63) is 59.7 Å². The molecule has 23 heavy (non-hydrogen) atoms. The molecule has 0 radical (unpaired) electrons. The lowest BCUT2D eigenvalue weighted by Gasteiger charge is -2.24. The molecule has 0 saturated carbocycles. The van der Waals surface area contributed by atoms with Crippen molar-refractivity contribution in [3.63, 3.8) is 0 Å². The van der Waals surface area contributed by atoms with E-state index < -0.39 is 10.0 Å². The summed E-state index contributed by atoms with van der Waals surface area (Å²) in [6.07, 6.45) is 1.87. The lowest BCUT2D eigenvalue weighted by atomic mass is 10.1. The summed E-state index contributed by atoms with van der Waals surface area (Å²) < 4.78 is 25.5. The first-order valence-corrected chi connectivity index (χ1v) is 9.24. The molecule has 1 heterocycles. The van der Waals surface area contributed by atoms with Crippen LogP contribution in [0.4, 0.5) is 11.4 Å². The molecule has 0 aliphatic carbocycles. The molecule has 2 aromatic rings. The molecule has 0 spiro atoms. The molecule has 0 aromatic heterocycles. The van der Waals surface area contributed by atoms with Gasteiger partial charge in [-0.3, -0.25) is 9.52 Å². The van der Waals surface area contributed by atoms with E-state index in [4.69, 9.17) is 0 Å². The Kier molecular flexibility index (Phi) is 3.85. The van der Waals surface area contributed by atoms with Crippen LogP contribution >= 0.6 is 0 Å². The van der Waals surface area contributed by atoms with E-state index in [0.29, 0.717) is 11.3 Å². The number of nitrogens with one attached hydrogen (secondary N) is 1. The second-order valence-electron chi connectivity index (χ2n) is 5.78. The predicted molar refractivity (Wildman–Crippen MR) is 91.3 cm³/mol. The number of hydrogen-bond acceptors (Lipinski definition) is 3. The SMILES string of the molecule is C[C@H]1Cc2ccccc2N1C(=O)c1ccccc1NS(C)(=O)=O. The number of para-hydroxylation sites is 2. The van der Waals surface area contributed by atoms with E-state index in [0.717, 1.165) is 23.9 Å². The van der Waals surface area contributed by atoms with Crippen LogP contribution < -0.4 is 9.62 Å². The maximum atomic E-state index is 13.0. The van der Waals surface area contributed by atoms with Gasteiger partial charge in [0.25, 0.3) is 5.91 Å². The summed E-state index contributed by atoms with van der Waals surface area (Å²) in [5.74, 6) is -0.200. The summed E-state index contributed by atoms with van der Waals surface area (Å²) >= 11 is 0. The Balaban J connectivity index is 2.02. The van der Waals surface area contributed by atoms with Crippen LogP contribution in [0.15, 0.2) is 48.5 Å². The molecule has 3 rings (SSSR count). The Morgan fingerprint density at radius 3 is 2.52 bits per heavy atom. The van der Waals surface area contributed by atoms with Gasteiger partial charge in [0.15, 0.2) is 0 Å². The lowest BCUT2D eigenvalue weighted by molar-refractivity contribution is 0.0982. The van der Waals surface area contributed by atoms with Gasteiger partial charge >= 0.3 is 0 Å². The zero-order valence-corrected chi connectivity index (χ0v) is 13.8. The molecule has 0 fully saturated rings. The number of carbonyl (C=O) groups is 1. The number of rotatable bonds is 3. The highest BCUT2D eigenvalue weighted by Gasteiger charge is 2.32. The summed E-state index contributed by atoms with van der Waals surface area (Å²) in [5.41, 5.74) is 2.67. The Morgan fingerprint density at radius 2 is 1.78 bits per heavy atom. The summed E-state index contributed by atoms with van der Waals surface area (Å²) in [4.78, 5) is 14.8. The second-order valence-corrected chi connectivity index (χ2v) is 7.53. The number of nitrogens with zero attached hydrogens (tertiary/aromatic N) is 1. The third-order valence-electron chi connectivity index (χ3n) is 3.88. The van der Waals surface area contributed by atoms with Crippen molar-refractivity contribution >= 4 is 27.3 Å². The van der Waals surface area contributed by atoms with Crippen molar-refractivity contribution in [3.8, 4) is 0 Å². The fraction of sp³-hybridized carbons (Fsp3) is 0.235. The predicted octanol–water partition coefficient (Wildman–Crippen LogP) is 2.65. The van der Waals surface area contributed by atoms with Crippen LogP contribution in [-0.2, 0) is 16.4 Å². The van der Waals surface area contributed by atoms with Crippen LogP contribution in [0.5, 0.6) is 0 Å². The van der Waals surface area contributed by atoms with Gasteiger partial charge in [-0.05, 0) is 37.1 Å². The molecule has 2 aromatic carbocycles. The number of fused-ring (bicyclic) bond motifs is 1. The summed E-state index contributed by atoms with van der Waals surface area (Å²) in [5, 5.41) is 0. The Hall–Kier alpha value is -2.34. The standard InChI is InChI=1S/C17H18N2O3S/c1-12-11-13-7-3-6-10-16(13)19(12)17(20)14-8-4-5-9-15(14)18-23(2,21)22/h3-10,12,18H,11H2,1-2H3/t12-/m0/s1. The molecule has 120 valence electrons. The lowest BCUT2D eigenvalue weighted by Crippen LogP contribution is -2.36. The van der Waals surface area contributed by atoms with Crippen LogP contribution in [-0.4, -0.2) is 26.6 Å². The topological polar surface area (TPSA) is 66.5 Å². The third-order valence-corrected chi connectivity index (χ3v) is 4.47. The molecule has 1 amide bonds. The maximum Gasteiger partial charge on any atom is 0.260 e. The average molecular weight is 330 g/mol. The molecule has 5 nitrogen and oxygen atoms in total. The van der Waals surface area contributed by atoms with Crippen LogP contribution in [0.2, 0.25) is 0 Å². The second kappa shape index (κ2) is 5.70. The molecule has 0 unspecified atom stereocenters. The largest absolute Gasteiger partial charge is 0.305 e. The monoisotopic (exact) mass is 330 g/mol.